The number of carbonyl (C=O) groups excluding carboxylic acids is 1. The molecule has 1 amide bonds. The number of hydrogen-bond acceptors (Lipinski definition) is 6. The van der Waals surface area contributed by atoms with Gasteiger partial charge in [-0.1, -0.05) is 17.3 Å². The first-order chi connectivity index (χ1) is 14.6. The number of imidazole rings is 1. The van der Waals surface area contributed by atoms with Crippen LogP contribution in [0.2, 0.25) is 0 Å². The first kappa shape index (κ1) is 18.4. The number of aryl methyl sites for hydroxylation is 1. The second-order valence-corrected chi connectivity index (χ2v) is 7.18. The van der Waals surface area contributed by atoms with Crippen molar-refractivity contribution in [3.63, 3.8) is 0 Å². The van der Waals surface area contributed by atoms with E-state index in [0.717, 1.165) is 41.4 Å². The number of ether oxygens (including phenoxy) is 1. The van der Waals surface area contributed by atoms with Crippen LogP contribution in [-0.4, -0.2) is 32.5 Å². The van der Waals surface area contributed by atoms with E-state index in [4.69, 9.17) is 9.26 Å². The van der Waals surface area contributed by atoms with Gasteiger partial charge in [0.15, 0.2) is 11.6 Å². The first-order valence-corrected chi connectivity index (χ1v) is 9.49. The predicted molar refractivity (Wildman–Crippen MR) is 104 cm³/mol. The Bertz CT molecular complexity index is 1250. The molecule has 0 radical (unpaired) electrons. The van der Waals surface area contributed by atoms with E-state index in [9.17, 15) is 9.18 Å². The van der Waals surface area contributed by atoms with Crippen LogP contribution in [0.1, 0.15) is 39.8 Å². The van der Waals surface area contributed by atoms with Crippen molar-refractivity contribution in [2.24, 2.45) is 0 Å². The van der Waals surface area contributed by atoms with Crippen LogP contribution in [0.25, 0.3) is 17.0 Å². The number of methoxy groups -OCH3 is 1. The topological polar surface area (TPSA) is 94.5 Å². The highest BCUT2D eigenvalue weighted by atomic mass is 19.1. The Labute approximate surface area is 170 Å². The molecule has 1 atom stereocenters. The van der Waals surface area contributed by atoms with Crippen molar-refractivity contribution >= 4 is 11.7 Å². The lowest BCUT2D eigenvalue weighted by molar-refractivity contribution is 0.0930. The third kappa shape index (κ3) is 3.22. The molecule has 0 fully saturated rings. The Hall–Kier alpha value is -3.59. The Balaban J connectivity index is 1.36. The average Bonchev–Trinajstić information content (AvgIpc) is 3.46. The van der Waals surface area contributed by atoms with Crippen LogP contribution in [0.4, 0.5) is 4.39 Å². The summed E-state index contributed by atoms with van der Waals surface area (Å²) in [5.41, 5.74) is 4.16. The van der Waals surface area contributed by atoms with Crippen molar-refractivity contribution in [2.45, 2.75) is 25.5 Å². The van der Waals surface area contributed by atoms with Gasteiger partial charge in [-0.25, -0.2) is 14.4 Å². The molecule has 152 valence electrons. The first-order valence-electron chi connectivity index (χ1n) is 9.49. The van der Waals surface area contributed by atoms with Crippen molar-refractivity contribution in [3.8, 4) is 11.3 Å². The monoisotopic (exact) mass is 407 g/mol. The number of carbonyl (C=O) groups is 1. The van der Waals surface area contributed by atoms with Gasteiger partial charge in [-0.3, -0.25) is 9.20 Å². The SMILES string of the molecule is COCc1cc(-c2ccc3c(c2)CC[C@H]3NC(=O)c2cnc3ncc(F)cn23)no1. The summed E-state index contributed by atoms with van der Waals surface area (Å²) in [4.78, 5) is 20.7. The Kier molecular flexibility index (Phi) is 4.51. The summed E-state index contributed by atoms with van der Waals surface area (Å²) in [5, 5.41) is 7.13. The molecular weight excluding hydrogens is 389 g/mol. The van der Waals surface area contributed by atoms with Gasteiger partial charge in [0.1, 0.15) is 18.0 Å². The number of aromatic nitrogens is 4. The van der Waals surface area contributed by atoms with Crippen LogP contribution in [0, 0.1) is 5.82 Å². The highest BCUT2D eigenvalue weighted by molar-refractivity contribution is 5.93. The molecule has 0 saturated carbocycles. The van der Waals surface area contributed by atoms with E-state index in [1.807, 2.05) is 18.2 Å². The number of nitrogens with one attached hydrogen (secondary N) is 1. The Morgan fingerprint density at radius 2 is 2.20 bits per heavy atom. The second kappa shape index (κ2) is 7.34. The lowest BCUT2D eigenvalue weighted by Crippen LogP contribution is -2.28. The zero-order chi connectivity index (χ0) is 20.7. The molecule has 4 aromatic rings. The molecule has 3 heterocycles. The molecule has 5 rings (SSSR count). The van der Waals surface area contributed by atoms with Crippen LogP contribution >= 0.6 is 0 Å². The maximum absolute atomic E-state index is 13.5. The predicted octanol–water partition coefficient (Wildman–Crippen LogP) is 3.09. The maximum Gasteiger partial charge on any atom is 0.270 e. The van der Waals surface area contributed by atoms with Crippen molar-refractivity contribution in [1.82, 2.24) is 24.8 Å². The normalized spacial score (nSPS) is 15.5. The van der Waals surface area contributed by atoms with Crippen LogP contribution in [0.15, 0.2) is 47.4 Å². The minimum Gasteiger partial charge on any atom is -0.377 e. The molecule has 3 aromatic heterocycles. The fraction of sp³-hybridized carbons (Fsp3) is 0.238. The van der Waals surface area contributed by atoms with Crippen LogP contribution in [0.3, 0.4) is 0 Å². The van der Waals surface area contributed by atoms with Gasteiger partial charge >= 0.3 is 0 Å². The number of hydrogen-bond donors (Lipinski definition) is 1. The molecule has 30 heavy (non-hydrogen) atoms. The van der Waals surface area contributed by atoms with Crippen LogP contribution in [-0.2, 0) is 17.8 Å². The van der Waals surface area contributed by atoms with E-state index < -0.39 is 5.82 Å². The molecule has 8 nitrogen and oxygen atoms in total. The van der Waals surface area contributed by atoms with Crippen molar-refractivity contribution in [1.29, 1.82) is 0 Å². The number of rotatable bonds is 5. The summed E-state index contributed by atoms with van der Waals surface area (Å²) < 4.78 is 25.2. The quantitative estimate of drug-likeness (QED) is 0.546. The number of halogens is 1. The molecule has 9 heteroatoms. The molecule has 1 aliphatic carbocycles. The fourth-order valence-electron chi connectivity index (χ4n) is 3.84. The zero-order valence-electron chi connectivity index (χ0n) is 16.1. The molecule has 0 spiro atoms. The fourth-order valence-corrected chi connectivity index (χ4v) is 3.84. The van der Waals surface area contributed by atoms with E-state index in [0.29, 0.717) is 12.4 Å². The third-order valence-corrected chi connectivity index (χ3v) is 5.23. The number of benzene rings is 1. The van der Waals surface area contributed by atoms with Crippen molar-refractivity contribution in [3.05, 3.63) is 71.3 Å². The van der Waals surface area contributed by atoms with Crippen LogP contribution in [0.5, 0.6) is 0 Å². The standard InChI is InChI=1S/C21H18FN5O3/c1-29-11-15-7-18(26-30-15)13-2-4-16-12(6-13)3-5-17(16)25-20(28)19-9-24-21-23-8-14(22)10-27(19)21/h2,4,6-10,17H,3,5,11H2,1H3,(H,25,28)/t17-/m1/s1. The molecule has 1 N–H and O–H groups in total. The van der Waals surface area contributed by atoms with Gasteiger partial charge in [0.2, 0.25) is 5.78 Å². The smallest absolute Gasteiger partial charge is 0.270 e. The summed E-state index contributed by atoms with van der Waals surface area (Å²) in [6.45, 7) is 0.370. The number of nitrogens with zero attached hydrogens (tertiary/aromatic N) is 4. The van der Waals surface area contributed by atoms with E-state index in [-0.39, 0.29) is 23.4 Å². The highest BCUT2D eigenvalue weighted by Gasteiger charge is 2.26. The van der Waals surface area contributed by atoms with E-state index in [1.54, 1.807) is 7.11 Å². The molecule has 1 aromatic carbocycles. The number of amides is 1. The summed E-state index contributed by atoms with van der Waals surface area (Å²) in [6, 6.07) is 7.77. The van der Waals surface area contributed by atoms with E-state index in [2.05, 4.69) is 26.5 Å². The Morgan fingerprint density at radius 3 is 3.07 bits per heavy atom. The second-order valence-electron chi connectivity index (χ2n) is 7.18. The lowest BCUT2D eigenvalue weighted by atomic mass is 10.0. The van der Waals surface area contributed by atoms with Crippen molar-refractivity contribution in [2.75, 3.05) is 7.11 Å². The molecule has 0 saturated heterocycles. The molecule has 0 unspecified atom stereocenters. The van der Waals surface area contributed by atoms with Crippen molar-refractivity contribution < 1.29 is 18.4 Å². The minimum atomic E-state index is -0.533. The summed E-state index contributed by atoms with van der Waals surface area (Å²) in [7, 11) is 1.60. The van der Waals surface area contributed by atoms with Gasteiger partial charge in [0, 0.05) is 18.7 Å². The zero-order valence-corrected chi connectivity index (χ0v) is 16.1. The Morgan fingerprint density at radius 1 is 1.33 bits per heavy atom. The molecular formula is C21H18FN5O3. The molecule has 1 aliphatic rings. The minimum absolute atomic E-state index is 0.130. The van der Waals surface area contributed by atoms with E-state index >= 15 is 0 Å². The van der Waals surface area contributed by atoms with Gasteiger partial charge in [0.05, 0.1) is 24.6 Å². The molecule has 0 aliphatic heterocycles. The maximum atomic E-state index is 13.5. The summed E-state index contributed by atoms with van der Waals surface area (Å²) in [6.07, 6.45) is 5.29. The van der Waals surface area contributed by atoms with Gasteiger partial charge in [-0.15, -0.1) is 0 Å². The number of fused-ring (bicyclic) bond motifs is 2. The summed E-state index contributed by atoms with van der Waals surface area (Å²) in [5.74, 6) is 0.0860. The van der Waals surface area contributed by atoms with Gasteiger partial charge in [0.25, 0.3) is 5.91 Å². The highest BCUT2D eigenvalue weighted by Crippen LogP contribution is 2.34. The van der Waals surface area contributed by atoms with Gasteiger partial charge < -0.3 is 14.6 Å². The third-order valence-electron chi connectivity index (χ3n) is 5.23. The van der Waals surface area contributed by atoms with Crippen LogP contribution < -0.4 is 5.32 Å². The lowest BCUT2D eigenvalue weighted by Gasteiger charge is -2.14. The summed E-state index contributed by atoms with van der Waals surface area (Å²) >= 11 is 0. The van der Waals surface area contributed by atoms with Gasteiger partial charge in [-0.2, -0.15) is 0 Å². The largest absolute Gasteiger partial charge is 0.377 e. The van der Waals surface area contributed by atoms with E-state index in [1.165, 1.54) is 16.8 Å². The average molecular weight is 407 g/mol. The molecule has 0 bridgehead atoms. The van der Waals surface area contributed by atoms with Gasteiger partial charge in [-0.05, 0) is 30.0 Å².